The van der Waals surface area contributed by atoms with Crippen LogP contribution < -0.4 is 0 Å². The highest BCUT2D eigenvalue weighted by molar-refractivity contribution is 5.93. The van der Waals surface area contributed by atoms with Gasteiger partial charge in [0.15, 0.2) is 5.82 Å². The molecular formula is C19H26N4O3. The third-order valence-electron chi connectivity index (χ3n) is 4.41. The largest absolute Gasteiger partial charge is 0.378 e. The minimum atomic E-state index is 0.0426. The molecule has 1 fully saturated rings. The van der Waals surface area contributed by atoms with Gasteiger partial charge in [-0.1, -0.05) is 19.0 Å². The number of rotatable bonds is 7. The molecule has 7 heteroatoms. The van der Waals surface area contributed by atoms with Crippen LogP contribution in [0.25, 0.3) is 0 Å². The minimum absolute atomic E-state index is 0.0426. The fraction of sp³-hybridized carbons (Fsp3) is 0.579. The molecule has 0 spiro atoms. The molecule has 7 nitrogen and oxygen atoms in total. The van der Waals surface area contributed by atoms with Crippen molar-refractivity contribution in [3.63, 3.8) is 0 Å². The Morgan fingerprint density at radius 2 is 2.19 bits per heavy atom. The molecule has 140 valence electrons. The number of piperidine rings is 1. The lowest BCUT2D eigenvalue weighted by atomic mass is 10.1. The first-order chi connectivity index (χ1) is 12.6. The van der Waals surface area contributed by atoms with E-state index >= 15 is 0 Å². The van der Waals surface area contributed by atoms with Crippen LogP contribution in [0.4, 0.5) is 0 Å². The number of likely N-dealkylation sites (tertiary alicyclic amines) is 1. The molecule has 0 bridgehead atoms. The van der Waals surface area contributed by atoms with Gasteiger partial charge in [-0.3, -0.25) is 9.78 Å². The number of aromatic nitrogens is 3. The van der Waals surface area contributed by atoms with Crippen molar-refractivity contribution in [2.24, 2.45) is 5.92 Å². The van der Waals surface area contributed by atoms with Crippen LogP contribution in [0.1, 0.15) is 48.8 Å². The summed E-state index contributed by atoms with van der Waals surface area (Å²) in [5.41, 5.74) is 0.640. The third-order valence-corrected chi connectivity index (χ3v) is 4.41. The zero-order valence-electron chi connectivity index (χ0n) is 15.4. The quantitative estimate of drug-likeness (QED) is 0.756. The van der Waals surface area contributed by atoms with Crippen LogP contribution in [0.3, 0.4) is 0 Å². The lowest BCUT2D eigenvalue weighted by molar-refractivity contribution is 0.00946. The first-order valence-electron chi connectivity index (χ1n) is 9.24. The lowest BCUT2D eigenvalue weighted by Gasteiger charge is -2.31. The Labute approximate surface area is 153 Å². The summed E-state index contributed by atoms with van der Waals surface area (Å²) in [6, 6.07) is 3.59. The topological polar surface area (TPSA) is 81.4 Å². The number of nitrogens with zero attached hydrogens (tertiary/aromatic N) is 4. The molecule has 0 radical (unpaired) electrons. The van der Waals surface area contributed by atoms with Gasteiger partial charge in [0.2, 0.25) is 5.89 Å². The van der Waals surface area contributed by atoms with E-state index in [-0.39, 0.29) is 12.0 Å². The molecule has 1 aliphatic heterocycles. The highest BCUT2D eigenvalue weighted by Gasteiger charge is 2.24. The summed E-state index contributed by atoms with van der Waals surface area (Å²) in [7, 11) is 0. The normalized spacial score (nSPS) is 15.6. The first kappa shape index (κ1) is 18.5. The van der Waals surface area contributed by atoms with Crippen LogP contribution in [0.5, 0.6) is 0 Å². The molecule has 3 heterocycles. The Morgan fingerprint density at radius 3 is 2.88 bits per heavy atom. The maximum Gasteiger partial charge on any atom is 0.255 e. The predicted octanol–water partition coefficient (Wildman–Crippen LogP) is 2.53. The fourth-order valence-electron chi connectivity index (χ4n) is 3.04. The van der Waals surface area contributed by atoms with Crippen molar-refractivity contribution in [2.45, 2.75) is 45.6 Å². The monoisotopic (exact) mass is 358 g/mol. The molecule has 0 N–H and O–H groups in total. The number of carbonyl (C=O) groups excluding carboxylic acids is 1. The van der Waals surface area contributed by atoms with E-state index in [1.54, 1.807) is 24.5 Å². The number of ether oxygens (including phenoxy) is 1. The number of hydrogen-bond acceptors (Lipinski definition) is 6. The number of hydrogen-bond donors (Lipinski definition) is 0. The summed E-state index contributed by atoms with van der Waals surface area (Å²) in [6.45, 7) is 6.23. The van der Waals surface area contributed by atoms with Gasteiger partial charge in [0.05, 0.1) is 18.3 Å². The van der Waals surface area contributed by atoms with Crippen LogP contribution in [0.15, 0.2) is 29.0 Å². The molecule has 26 heavy (non-hydrogen) atoms. The van der Waals surface area contributed by atoms with Crippen LogP contribution >= 0.6 is 0 Å². The van der Waals surface area contributed by atoms with Crippen molar-refractivity contribution in [1.29, 1.82) is 0 Å². The maximum absolute atomic E-state index is 12.4. The van der Waals surface area contributed by atoms with Crippen molar-refractivity contribution in [1.82, 2.24) is 20.0 Å². The Hall–Kier alpha value is -2.28. The molecule has 2 aromatic rings. The molecule has 1 saturated heterocycles. The van der Waals surface area contributed by atoms with Crippen LogP contribution in [-0.2, 0) is 17.6 Å². The summed E-state index contributed by atoms with van der Waals surface area (Å²) in [5, 5.41) is 4.00. The number of amides is 1. The van der Waals surface area contributed by atoms with E-state index in [0.29, 0.717) is 49.3 Å². The summed E-state index contributed by atoms with van der Waals surface area (Å²) in [6.07, 6.45) is 6.60. The van der Waals surface area contributed by atoms with Crippen molar-refractivity contribution in [2.75, 3.05) is 19.7 Å². The summed E-state index contributed by atoms with van der Waals surface area (Å²) in [4.78, 5) is 22.7. The Bertz CT molecular complexity index is 694. The Balaban J connectivity index is 1.38. The van der Waals surface area contributed by atoms with Gasteiger partial charge >= 0.3 is 0 Å². The minimum Gasteiger partial charge on any atom is -0.378 e. The average molecular weight is 358 g/mol. The lowest BCUT2D eigenvalue weighted by Crippen LogP contribution is -2.41. The molecule has 0 aliphatic carbocycles. The molecular weight excluding hydrogens is 332 g/mol. The van der Waals surface area contributed by atoms with Gasteiger partial charge in [-0.2, -0.15) is 4.98 Å². The smallest absolute Gasteiger partial charge is 0.255 e. The molecule has 1 aliphatic rings. The van der Waals surface area contributed by atoms with Crippen molar-refractivity contribution >= 4 is 5.91 Å². The van der Waals surface area contributed by atoms with Gasteiger partial charge in [0.25, 0.3) is 5.91 Å². The molecule has 0 atom stereocenters. The summed E-state index contributed by atoms with van der Waals surface area (Å²) >= 11 is 0. The summed E-state index contributed by atoms with van der Waals surface area (Å²) < 4.78 is 11.2. The third kappa shape index (κ3) is 5.11. The van der Waals surface area contributed by atoms with Crippen LogP contribution in [-0.4, -0.2) is 51.7 Å². The summed E-state index contributed by atoms with van der Waals surface area (Å²) in [5.74, 6) is 1.93. The van der Waals surface area contributed by atoms with Gasteiger partial charge < -0.3 is 14.2 Å². The van der Waals surface area contributed by atoms with E-state index in [1.165, 1.54) is 0 Å². The molecule has 0 unspecified atom stereocenters. The van der Waals surface area contributed by atoms with Gasteiger partial charge in [0.1, 0.15) is 0 Å². The SMILES string of the molecule is CC(C)Cc1nc(CCOC2CCN(C(=O)c3cccnc3)CC2)no1. The number of carbonyl (C=O) groups is 1. The van der Waals surface area contributed by atoms with E-state index in [1.807, 2.05) is 4.90 Å². The second-order valence-electron chi connectivity index (χ2n) is 7.06. The van der Waals surface area contributed by atoms with Crippen molar-refractivity contribution < 1.29 is 14.1 Å². The Morgan fingerprint density at radius 1 is 1.38 bits per heavy atom. The molecule has 3 rings (SSSR count). The van der Waals surface area contributed by atoms with Gasteiger partial charge in [-0.15, -0.1) is 0 Å². The van der Waals surface area contributed by atoms with Gasteiger partial charge in [0, 0.05) is 38.3 Å². The number of pyridine rings is 1. The highest BCUT2D eigenvalue weighted by Crippen LogP contribution is 2.16. The van der Waals surface area contributed by atoms with E-state index in [4.69, 9.17) is 9.26 Å². The Kier molecular flexibility index (Phi) is 6.33. The average Bonchev–Trinajstić information content (AvgIpc) is 3.09. The molecule has 2 aromatic heterocycles. The molecule has 0 aromatic carbocycles. The van der Waals surface area contributed by atoms with Crippen LogP contribution in [0.2, 0.25) is 0 Å². The zero-order chi connectivity index (χ0) is 18.4. The predicted molar refractivity (Wildman–Crippen MR) is 95.7 cm³/mol. The standard InChI is InChI=1S/C19H26N4O3/c1-14(2)12-18-21-17(22-26-18)7-11-25-16-5-9-23(10-6-16)19(24)15-4-3-8-20-13-15/h3-4,8,13-14,16H,5-7,9-12H2,1-2H3. The van der Waals surface area contributed by atoms with Crippen molar-refractivity contribution in [3.8, 4) is 0 Å². The van der Waals surface area contributed by atoms with E-state index in [2.05, 4.69) is 29.0 Å². The van der Waals surface area contributed by atoms with E-state index in [0.717, 1.165) is 19.3 Å². The molecule has 0 saturated carbocycles. The van der Waals surface area contributed by atoms with Gasteiger partial charge in [-0.05, 0) is 30.9 Å². The van der Waals surface area contributed by atoms with Crippen molar-refractivity contribution in [3.05, 3.63) is 41.8 Å². The zero-order valence-corrected chi connectivity index (χ0v) is 15.4. The highest BCUT2D eigenvalue weighted by atomic mass is 16.5. The van der Waals surface area contributed by atoms with E-state index in [9.17, 15) is 4.79 Å². The maximum atomic E-state index is 12.4. The first-order valence-corrected chi connectivity index (χ1v) is 9.24. The molecule has 1 amide bonds. The second-order valence-corrected chi connectivity index (χ2v) is 7.06. The second kappa shape index (κ2) is 8.89. The van der Waals surface area contributed by atoms with Crippen LogP contribution in [0, 0.1) is 5.92 Å². The van der Waals surface area contributed by atoms with Gasteiger partial charge in [-0.25, -0.2) is 0 Å². The fourth-order valence-corrected chi connectivity index (χ4v) is 3.04. The van der Waals surface area contributed by atoms with E-state index < -0.39 is 0 Å².